The monoisotopic (exact) mass is 237 g/mol. The number of hydrogen-bond donors (Lipinski definition) is 0. The molecule has 1 saturated carbocycles. The lowest BCUT2D eigenvalue weighted by Gasteiger charge is -2.32. The summed E-state index contributed by atoms with van der Waals surface area (Å²) in [5.41, 5.74) is 0. The minimum absolute atomic E-state index is 0.215. The van der Waals surface area contributed by atoms with Crippen molar-refractivity contribution in [2.75, 3.05) is 13.1 Å². The number of ketones is 1. The summed E-state index contributed by atoms with van der Waals surface area (Å²) in [7, 11) is 0. The standard InChI is InChI=1S/C14H23NO2/c1-2-13(16)11-7-9-15(10-8-11)14(17)12-5-3-4-6-12/h11-12H,2-10H2,1H3. The van der Waals surface area contributed by atoms with Crippen LogP contribution < -0.4 is 0 Å². The van der Waals surface area contributed by atoms with Gasteiger partial charge in [-0.2, -0.15) is 0 Å². The lowest BCUT2D eigenvalue weighted by atomic mass is 9.90. The number of carbonyl (C=O) groups is 2. The summed E-state index contributed by atoms with van der Waals surface area (Å²) in [6.07, 6.45) is 6.97. The smallest absolute Gasteiger partial charge is 0.225 e. The SMILES string of the molecule is CCC(=O)C1CCN(C(=O)C2CCCC2)CC1. The number of Topliss-reactive ketones (excluding diaryl/α,β-unsaturated/α-hetero) is 1. The minimum atomic E-state index is 0.215. The van der Waals surface area contributed by atoms with Crippen LogP contribution in [0.15, 0.2) is 0 Å². The van der Waals surface area contributed by atoms with Gasteiger partial charge in [0.25, 0.3) is 0 Å². The predicted molar refractivity (Wildman–Crippen MR) is 66.6 cm³/mol. The molecule has 2 rings (SSSR count). The van der Waals surface area contributed by atoms with Crippen LogP contribution in [0.1, 0.15) is 51.9 Å². The van der Waals surface area contributed by atoms with Crippen LogP contribution in [0.4, 0.5) is 0 Å². The molecule has 0 atom stereocenters. The van der Waals surface area contributed by atoms with E-state index in [1.807, 2.05) is 11.8 Å². The Balaban J connectivity index is 1.82. The molecule has 3 heteroatoms. The molecule has 0 aromatic rings. The minimum Gasteiger partial charge on any atom is -0.342 e. The van der Waals surface area contributed by atoms with Gasteiger partial charge in [-0.3, -0.25) is 9.59 Å². The molecule has 96 valence electrons. The zero-order valence-electron chi connectivity index (χ0n) is 10.8. The third kappa shape index (κ3) is 2.88. The second-order valence-electron chi connectivity index (χ2n) is 5.40. The Labute approximate surface area is 104 Å². The Bertz CT molecular complexity index is 287. The van der Waals surface area contributed by atoms with E-state index in [-0.39, 0.29) is 11.8 Å². The molecule has 1 saturated heterocycles. The molecule has 2 aliphatic rings. The average molecular weight is 237 g/mol. The second-order valence-corrected chi connectivity index (χ2v) is 5.40. The highest BCUT2D eigenvalue weighted by molar-refractivity contribution is 5.82. The molecule has 0 aromatic heterocycles. The van der Waals surface area contributed by atoms with Crippen molar-refractivity contribution < 1.29 is 9.59 Å². The number of amides is 1. The summed E-state index contributed by atoms with van der Waals surface area (Å²) in [6.45, 7) is 3.52. The molecule has 3 nitrogen and oxygen atoms in total. The van der Waals surface area contributed by atoms with Crippen molar-refractivity contribution in [3.05, 3.63) is 0 Å². The quantitative estimate of drug-likeness (QED) is 0.756. The molecular weight excluding hydrogens is 214 g/mol. The van der Waals surface area contributed by atoms with Crippen LogP contribution in [-0.4, -0.2) is 29.7 Å². The number of carbonyl (C=O) groups excluding carboxylic acids is 2. The maximum absolute atomic E-state index is 12.2. The zero-order valence-corrected chi connectivity index (χ0v) is 10.8. The first-order valence-electron chi connectivity index (χ1n) is 7.04. The largest absolute Gasteiger partial charge is 0.342 e. The molecule has 0 unspecified atom stereocenters. The van der Waals surface area contributed by atoms with Crippen LogP contribution >= 0.6 is 0 Å². The summed E-state index contributed by atoms with van der Waals surface area (Å²) in [6, 6.07) is 0. The molecule has 1 heterocycles. The fourth-order valence-electron chi connectivity index (χ4n) is 3.14. The first-order valence-corrected chi connectivity index (χ1v) is 7.04. The normalized spacial score (nSPS) is 23.0. The molecule has 1 aliphatic carbocycles. The van der Waals surface area contributed by atoms with Crippen LogP contribution in [-0.2, 0) is 9.59 Å². The van der Waals surface area contributed by atoms with Gasteiger partial charge in [-0.15, -0.1) is 0 Å². The van der Waals surface area contributed by atoms with Gasteiger partial charge in [-0.25, -0.2) is 0 Å². The number of rotatable bonds is 3. The molecule has 0 radical (unpaired) electrons. The van der Waals surface area contributed by atoms with E-state index in [0.29, 0.717) is 18.1 Å². The van der Waals surface area contributed by atoms with Crippen molar-refractivity contribution >= 4 is 11.7 Å². The number of nitrogens with zero attached hydrogens (tertiary/aromatic N) is 1. The van der Waals surface area contributed by atoms with Crippen molar-refractivity contribution in [3.8, 4) is 0 Å². The maximum atomic E-state index is 12.2. The number of likely N-dealkylation sites (tertiary alicyclic amines) is 1. The third-order valence-corrected chi connectivity index (χ3v) is 4.31. The number of piperidine rings is 1. The summed E-state index contributed by atoms with van der Waals surface area (Å²) < 4.78 is 0. The van der Waals surface area contributed by atoms with E-state index >= 15 is 0 Å². The first-order chi connectivity index (χ1) is 8.22. The molecular formula is C14H23NO2. The molecule has 0 spiro atoms. The van der Waals surface area contributed by atoms with Gasteiger partial charge < -0.3 is 4.90 Å². The maximum Gasteiger partial charge on any atom is 0.225 e. The van der Waals surface area contributed by atoms with E-state index in [2.05, 4.69) is 0 Å². The lowest BCUT2D eigenvalue weighted by Crippen LogP contribution is -2.42. The topological polar surface area (TPSA) is 37.4 Å². The molecule has 17 heavy (non-hydrogen) atoms. The Morgan fingerprint density at radius 2 is 1.59 bits per heavy atom. The molecule has 1 amide bonds. The Morgan fingerprint density at radius 3 is 2.12 bits per heavy atom. The van der Waals surface area contributed by atoms with Gasteiger partial charge in [0.1, 0.15) is 5.78 Å². The Kier molecular flexibility index (Phi) is 4.19. The lowest BCUT2D eigenvalue weighted by molar-refractivity contribution is -0.138. The average Bonchev–Trinajstić information content (AvgIpc) is 2.91. The third-order valence-electron chi connectivity index (χ3n) is 4.31. The van der Waals surface area contributed by atoms with E-state index in [1.54, 1.807) is 0 Å². The second kappa shape index (κ2) is 5.65. The van der Waals surface area contributed by atoms with E-state index in [1.165, 1.54) is 12.8 Å². The van der Waals surface area contributed by atoms with Gasteiger partial charge in [0, 0.05) is 31.3 Å². The fourth-order valence-corrected chi connectivity index (χ4v) is 3.14. The van der Waals surface area contributed by atoms with Crippen molar-refractivity contribution in [2.24, 2.45) is 11.8 Å². The molecule has 0 aromatic carbocycles. The van der Waals surface area contributed by atoms with Crippen molar-refractivity contribution in [2.45, 2.75) is 51.9 Å². The summed E-state index contributed by atoms with van der Waals surface area (Å²) >= 11 is 0. The van der Waals surface area contributed by atoms with Crippen LogP contribution in [0.5, 0.6) is 0 Å². The van der Waals surface area contributed by atoms with E-state index < -0.39 is 0 Å². The zero-order chi connectivity index (χ0) is 12.3. The highest BCUT2D eigenvalue weighted by atomic mass is 16.2. The molecule has 0 bridgehead atoms. The van der Waals surface area contributed by atoms with E-state index in [9.17, 15) is 9.59 Å². The van der Waals surface area contributed by atoms with Gasteiger partial charge in [-0.1, -0.05) is 19.8 Å². The Morgan fingerprint density at radius 1 is 1.00 bits per heavy atom. The van der Waals surface area contributed by atoms with Gasteiger partial charge in [0.2, 0.25) is 5.91 Å². The van der Waals surface area contributed by atoms with Crippen LogP contribution in [0.25, 0.3) is 0 Å². The van der Waals surface area contributed by atoms with Gasteiger partial charge in [0.05, 0.1) is 0 Å². The van der Waals surface area contributed by atoms with E-state index in [0.717, 1.165) is 38.8 Å². The summed E-state index contributed by atoms with van der Waals surface area (Å²) in [5, 5.41) is 0. The summed E-state index contributed by atoms with van der Waals surface area (Å²) in [4.78, 5) is 25.8. The fraction of sp³-hybridized carbons (Fsp3) is 0.857. The Hall–Kier alpha value is -0.860. The predicted octanol–water partition coefficient (Wildman–Crippen LogP) is 2.39. The van der Waals surface area contributed by atoms with Crippen LogP contribution in [0, 0.1) is 11.8 Å². The van der Waals surface area contributed by atoms with Gasteiger partial charge in [-0.05, 0) is 25.7 Å². The van der Waals surface area contributed by atoms with Gasteiger partial charge >= 0.3 is 0 Å². The highest BCUT2D eigenvalue weighted by Crippen LogP contribution is 2.28. The summed E-state index contributed by atoms with van der Waals surface area (Å²) in [5.74, 6) is 1.23. The number of hydrogen-bond acceptors (Lipinski definition) is 2. The van der Waals surface area contributed by atoms with Crippen LogP contribution in [0.2, 0.25) is 0 Å². The van der Waals surface area contributed by atoms with Crippen molar-refractivity contribution in [3.63, 3.8) is 0 Å². The van der Waals surface area contributed by atoms with E-state index in [4.69, 9.17) is 0 Å². The van der Waals surface area contributed by atoms with Gasteiger partial charge in [0.15, 0.2) is 0 Å². The first kappa shape index (κ1) is 12.6. The van der Waals surface area contributed by atoms with Crippen molar-refractivity contribution in [1.29, 1.82) is 0 Å². The molecule has 2 fully saturated rings. The molecule has 1 aliphatic heterocycles. The van der Waals surface area contributed by atoms with Crippen molar-refractivity contribution in [1.82, 2.24) is 4.90 Å². The molecule has 0 N–H and O–H groups in total. The highest BCUT2D eigenvalue weighted by Gasteiger charge is 2.31. The van der Waals surface area contributed by atoms with Crippen LogP contribution in [0.3, 0.4) is 0 Å².